The number of benzene rings is 1. The van der Waals surface area contributed by atoms with E-state index in [1.807, 2.05) is 18.2 Å². The van der Waals surface area contributed by atoms with Crippen molar-refractivity contribution in [3.63, 3.8) is 0 Å². The lowest BCUT2D eigenvalue weighted by Gasteiger charge is -2.12. The van der Waals surface area contributed by atoms with Crippen LogP contribution in [0.2, 0.25) is 0 Å². The van der Waals surface area contributed by atoms with Crippen molar-refractivity contribution >= 4 is 0 Å². The van der Waals surface area contributed by atoms with Crippen molar-refractivity contribution in [3.8, 4) is 0 Å². The maximum Gasteiger partial charge on any atom is 0.105 e. The van der Waals surface area contributed by atoms with Gasteiger partial charge in [-0.25, -0.2) is 0 Å². The molecule has 1 aromatic rings. The van der Waals surface area contributed by atoms with Gasteiger partial charge in [-0.2, -0.15) is 0 Å². The molecule has 5 heteroatoms. The van der Waals surface area contributed by atoms with Gasteiger partial charge in [0.05, 0.1) is 32.5 Å². The van der Waals surface area contributed by atoms with Gasteiger partial charge in [-0.15, -0.1) is 0 Å². The lowest BCUT2D eigenvalue weighted by molar-refractivity contribution is 0.0305. The molecule has 2 heterocycles. The van der Waals surface area contributed by atoms with Crippen LogP contribution in [0.25, 0.3) is 0 Å². The predicted molar refractivity (Wildman–Crippen MR) is 73.4 cm³/mol. The van der Waals surface area contributed by atoms with Crippen molar-refractivity contribution in [2.45, 2.75) is 31.3 Å². The average molecular weight is 282 g/mol. The maximum atomic E-state index is 9.35. The SMILES string of the molecule is C(OCC1CO1)C1CO1.CC(O)C(O)c1ccccc1. The standard InChI is InChI=1S/C9H12O2.C6H10O3/c1-7(10)9(11)8-5-3-2-4-6-8;1(5-3-8-5)7-2-6-4-9-6/h2-7,9-11H,1H3;5-6H,1-4H2. The summed E-state index contributed by atoms with van der Waals surface area (Å²) in [4.78, 5) is 0. The second-order valence-electron chi connectivity index (χ2n) is 5.04. The summed E-state index contributed by atoms with van der Waals surface area (Å²) in [7, 11) is 0. The van der Waals surface area contributed by atoms with E-state index < -0.39 is 12.2 Å². The van der Waals surface area contributed by atoms with Gasteiger partial charge in [0, 0.05) is 0 Å². The summed E-state index contributed by atoms with van der Waals surface area (Å²) in [6.07, 6.45) is -0.693. The second-order valence-corrected chi connectivity index (χ2v) is 5.04. The first kappa shape index (κ1) is 15.4. The molecule has 0 saturated carbocycles. The first-order valence-electron chi connectivity index (χ1n) is 6.89. The van der Waals surface area contributed by atoms with E-state index in [0.29, 0.717) is 12.2 Å². The lowest BCUT2D eigenvalue weighted by atomic mass is 10.1. The van der Waals surface area contributed by atoms with Crippen LogP contribution in [-0.4, -0.2) is 55.0 Å². The zero-order valence-corrected chi connectivity index (χ0v) is 11.6. The molecule has 1 aromatic carbocycles. The highest BCUT2D eigenvalue weighted by Crippen LogP contribution is 2.15. The summed E-state index contributed by atoms with van der Waals surface area (Å²) < 4.78 is 15.1. The fraction of sp³-hybridized carbons (Fsp3) is 0.600. The fourth-order valence-electron chi connectivity index (χ4n) is 1.59. The molecule has 3 rings (SSSR count). The Labute approximate surface area is 119 Å². The molecule has 2 aliphatic heterocycles. The van der Waals surface area contributed by atoms with Crippen molar-refractivity contribution in [3.05, 3.63) is 35.9 Å². The van der Waals surface area contributed by atoms with Crippen LogP contribution in [0.5, 0.6) is 0 Å². The molecule has 0 bridgehead atoms. The fourth-order valence-corrected chi connectivity index (χ4v) is 1.59. The molecule has 0 amide bonds. The molecule has 2 fully saturated rings. The molecule has 2 saturated heterocycles. The first-order chi connectivity index (χ1) is 9.66. The Bertz CT molecular complexity index is 361. The molecule has 0 radical (unpaired) electrons. The van der Waals surface area contributed by atoms with Crippen molar-refractivity contribution in [1.82, 2.24) is 0 Å². The van der Waals surface area contributed by atoms with E-state index in [9.17, 15) is 5.11 Å². The minimum absolute atomic E-state index is 0.392. The van der Waals surface area contributed by atoms with Crippen LogP contribution in [-0.2, 0) is 14.2 Å². The molecule has 0 aromatic heterocycles. The van der Waals surface area contributed by atoms with E-state index >= 15 is 0 Å². The summed E-state index contributed by atoms with van der Waals surface area (Å²) in [6, 6.07) is 9.12. The molecule has 0 spiro atoms. The Hall–Kier alpha value is -0.980. The Balaban J connectivity index is 0.000000149. The molecule has 20 heavy (non-hydrogen) atoms. The molecule has 2 aliphatic rings. The molecule has 5 nitrogen and oxygen atoms in total. The van der Waals surface area contributed by atoms with Crippen molar-refractivity contribution in [1.29, 1.82) is 0 Å². The maximum absolute atomic E-state index is 9.35. The first-order valence-corrected chi connectivity index (χ1v) is 6.89. The molecule has 4 unspecified atom stereocenters. The Morgan fingerprint density at radius 3 is 2.00 bits per heavy atom. The van der Waals surface area contributed by atoms with Crippen LogP contribution in [0.15, 0.2) is 30.3 Å². The van der Waals surface area contributed by atoms with Gasteiger partial charge in [0.1, 0.15) is 18.3 Å². The second kappa shape index (κ2) is 7.71. The Kier molecular flexibility index (Phi) is 5.94. The van der Waals surface area contributed by atoms with Gasteiger partial charge in [0.15, 0.2) is 0 Å². The minimum atomic E-state index is -0.767. The number of ether oxygens (including phenoxy) is 3. The Morgan fingerprint density at radius 1 is 1.10 bits per heavy atom. The van der Waals surface area contributed by atoms with E-state index in [4.69, 9.17) is 19.3 Å². The third kappa shape index (κ3) is 5.98. The van der Waals surface area contributed by atoms with Gasteiger partial charge >= 0.3 is 0 Å². The van der Waals surface area contributed by atoms with E-state index in [1.165, 1.54) is 0 Å². The van der Waals surface area contributed by atoms with Crippen molar-refractivity contribution < 1.29 is 24.4 Å². The molecule has 4 atom stereocenters. The average Bonchev–Trinajstić information content (AvgIpc) is 3.34. The highest BCUT2D eigenvalue weighted by Gasteiger charge is 2.26. The number of hydrogen-bond acceptors (Lipinski definition) is 5. The summed E-state index contributed by atoms with van der Waals surface area (Å²) in [5, 5.41) is 18.4. The van der Waals surface area contributed by atoms with E-state index in [2.05, 4.69) is 0 Å². The summed E-state index contributed by atoms with van der Waals surface area (Å²) in [5.41, 5.74) is 0.752. The molecular formula is C15H22O5. The number of aliphatic hydroxyl groups is 2. The van der Waals surface area contributed by atoms with Crippen molar-refractivity contribution in [2.24, 2.45) is 0 Å². The minimum Gasteiger partial charge on any atom is -0.390 e. The van der Waals surface area contributed by atoms with Gasteiger partial charge in [-0.1, -0.05) is 30.3 Å². The van der Waals surface area contributed by atoms with Crippen LogP contribution in [0, 0.1) is 0 Å². The van der Waals surface area contributed by atoms with Crippen molar-refractivity contribution in [2.75, 3.05) is 26.4 Å². The van der Waals surface area contributed by atoms with E-state index in [1.54, 1.807) is 19.1 Å². The quantitative estimate of drug-likeness (QED) is 0.758. The van der Waals surface area contributed by atoms with Crippen LogP contribution < -0.4 is 0 Å². The van der Waals surface area contributed by atoms with Gasteiger partial charge in [-0.3, -0.25) is 0 Å². The van der Waals surface area contributed by atoms with Crippen LogP contribution in [0.4, 0.5) is 0 Å². The lowest BCUT2D eigenvalue weighted by Crippen LogP contribution is -2.13. The number of rotatable bonds is 6. The normalized spacial score (nSPS) is 26.1. The van der Waals surface area contributed by atoms with Crippen LogP contribution in [0.3, 0.4) is 0 Å². The highest BCUT2D eigenvalue weighted by atomic mass is 16.6. The van der Waals surface area contributed by atoms with E-state index in [-0.39, 0.29) is 0 Å². The largest absolute Gasteiger partial charge is 0.390 e. The smallest absolute Gasteiger partial charge is 0.105 e. The zero-order valence-electron chi connectivity index (χ0n) is 11.6. The number of aliphatic hydroxyl groups excluding tert-OH is 2. The molecule has 0 aliphatic carbocycles. The molecule has 112 valence electrons. The number of hydrogen-bond donors (Lipinski definition) is 2. The molecule has 2 N–H and O–H groups in total. The Morgan fingerprint density at radius 2 is 1.60 bits per heavy atom. The van der Waals surface area contributed by atoms with Crippen LogP contribution in [0.1, 0.15) is 18.6 Å². The van der Waals surface area contributed by atoms with Gasteiger partial charge in [0.25, 0.3) is 0 Å². The number of epoxide rings is 2. The predicted octanol–water partition coefficient (Wildman–Crippen LogP) is 0.901. The monoisotopic (exact) mass is 282 g/mol. The topological polar surface area (TPSA) is 74.8 Å². The third-order valence-corrected chi connectivity index (χ3v) is 3.01. The summed E-state index contributed by atoms with van der Waals surface area (Å²) in [6.45, 7) is 4.83. The third-order valence-electron chi connectivity index (χ3n) is 3.01. The van der Waals surface area contributed by atoms with Gasteiger partial charge in [-0.05, 0) is 12.5 Å². The summed E-state index contributed by atoms with van der Waals surface area (Å²) in [5.74, 6) is 0. The van der Waals surface area contributed by atoms with Crippen LogP contribution >= 0.6 is 0 Å². The highest BCUT2D eigenvalue weighted by molar-refractivity contribution is 5.17. The van der Waals surface area contributed by atoms with E-state index in [0.717, 1.165) is 32.0 Å². The zero-order chi connectivity index (χ0) is 14.4. The van der Waals surface area contributed by atoms with Gasteiger partial charge in [0.2, 0.25) is 0 Å². The van der Waals surface area contributed by atoms with Gasteiger partial charge < -0.3 is 24.4 Å². The molecular weight excluding hydrogens is 260 g/mol. The summed E-state index contributed by atoms with van der Waals surface area (Å²) >= 11 is 0.